The van der Waals surface area contributed by atoms with Crippen molar-refractivity contribution in [3.8, 4) is 0 Å². The van der Waals surface area contributed by atoms with Crippen LogP contribution in [0.1, 0.15) is 34.3 Å². The summed E-state index contributed by atoms with van der Waals surface area (Å²) in [7, 11) is 0. The third-order valence-corrected chi connectivity index (χ3v) is 4.63. The largest absolute Gasteiger partial charge is 0.477 e. The lowest BCUT2D eigenvalue weighted by Crippen LogP contribution is -2.12. The van der Waals surface area contributed by atoms with Gasteiger partial charge < -0.3 is 10.8 Å². The minimum absolute atomic E-state index is 0.202. The van der Waals surface area contributed by atoms with E-state index in [2.05, 4.69) is 11.9 Å². The van der Waals surface area contributed by atoms with Crippen LogP contribution in [0.5, 0.6) is 0 Å². The highest BCUT2D eigenvalue weighted by molar-refractivity contribution is 7.21. The average Bonchev–Trinajstić information content (AvgIpc) is 2.64. The lowest BCUT2D eigenvalue weighted by atomic mass is 9.87. The fourth-order valence-corrected chi connectivity index (χ4v) is 3.47. The number of fused-ring (bicyclic) bond motifs is 2. The van der Waals surface area contributed by atoms with Crippen LogP contribution in [0.3, 0.4) is 0 Å². The molecule has 0 bridgehead atoms. The van der Waals surface area contributed by atoms with Gasteiger partial charge in [0.05, 0.1) is 5.69 Å². The summed E-state index contributed by atoms with van der Waals surface area (Å²) in [5.41, 5.74) is 8.59. The zero-order chi connectivity index (χ0) is 12.9. The lowest BCUT2D eigenvalue weighted by Gasteiger charge is -2.20. The first-order valence-corrected chi connectivity index (χ1v) is 6.82. The van der Waals surface area contributed by atoms with Crippen LogP contribution in [-0.4, -0.2) is 16.1 Å². The number of nitrogens with zero attached hydrogens (tertiary/aromatic N) is 1. The molecule has 18 heavy (non-hydrogen) atoms. The van der Waals surface area contributed by atoms with Crippen LogP contribution in [-0.2, 0) is 12.8 Å². The van der Waals surface area contributed by atoms with Gasteiger partial charge in [-0.3, -0.25) is 0 Å². The third-order valence-electron chi connectivity index (χ3n) is 3.53. The van der Waals surface area contributed by atoms with Crippen LogP contribution < -0.4 is 5.73 Å². The number of nitrogens with two attached hydrogens (primary N) is 1. The third kappa shape index (κ3) is 1.66. The van der Waals surface area contributed by atoms with Crippen molar-refractivity contribution in [2.45, 2.75) is 26.2 Å². The highest BCUT2D eigenvalue weighted by Gasteiger charge is 2.21. The van der Waals surface area contributed by atoms with Gasteiger partial charge in [-0.15, -0.1) is 11.3 Å². The number of thiophene rings is 1. The maximum Gasteiger partial charge on any atom is 0.348 e. The Labute approximate surface area is 108 Å². The first-order chi connectivity index (χ1) is 8.56. The number of carboxylic acid groups (broad SMARTS) is 1. The molecule has 2 aromatic heterocycles. The summed E-state index contributed by atoms with van der Waals surface area (Å²) in [4.78, 5) is 16.6. The Bertz CT molecular complexity index is 648. The molecule has 5 heteroatoms. The van der Waals surface area contributed by atoms with E-state index in [0.29, 0.717) is 11.6 Å². The molecule has 94 valence electrons. The van der Waals surface area contributed by atoms with E-state index in [4.69, 9.17) is 10.8 Å². The Morgan fingerprint density at radius 1 is 1.61 bits per heavy atom. The van der Waals surface area contributed by atoms with Crippen molar-refractivity contribution in [3.63, 3.8) is 0 Å². The number of hydrogen-bond donors (Lipinski definition) is 2. The molecular weight excluding hydrogens is 248 g/mol. The van der Waals surface area contributed by atoms with E-state index in [1.54, 1.807) is 0 Å². The molecule has 0 aliphatic heterocycles. The normalized spacial score (nSPS) is 18.8. The molecule has 0 saturated heterocycles. The monoisotopic (exact) mass is 262 g/mol. The van der Waals surface area contributed by atoms with Crippen LogP contribution in [0.25, 0.3) is 10.2 Å². The molecule has 1 aliphatic carbocycles. The van der Waals surface area contributed by atoms with E-state index < -0.39 is 5.97 Å². The van der Waals surface area contributed by atoms with Crippen molar-refractivity contribution in [3.05, 3.63) is 22.2 Å². The number of rotatable bonds is 1. The summed E-state index contributed by atoms with van der Waals surface area (Å²) >= 11 is 1.17. The number of anilines is 1. The topological polar surface area (TPSA) is 76.2 Å². The second-order valence-electron chi connectivity index (χ2n) is 4.94. The number of aromatic carboxylic acids is 1. The maximum atomic E-state index is 11.1. The van der Waals surface area contributed by atoms with E-state index in [-0.39, 0.29) is 4.88 Å². The van der Waals surface area contributed by atoms with Gasteiger partial charge in [0.2, 0.25) is 0 Å². The number of hydrogen-bond acceptors (Lipinski definition) is 4. The van der Waals surface area contributed by atoms with Gasteiger partial charge >= 0.3 is 5.97 Å². The number of carbonyl (C=O) groups is 1. The number of aromatic nitrogens is 1. The molecule has 0 radical (unpaired) electrons. The predicted octanol–water partition coefficient (Wildman–Crippen LogP) is 2.70. The molecule has 0 aromatic carbocycles. The van der Waals surface area contributed by atoms with Crippen molar-refractivity contribution in [2.75, 3.05) is 5.73 Å². The quantitative estimate of drug-likeness (QED) is 0.828. The van der Waals surface area contributed by atoms with Crippen LogP contribution in [0, 0.1) is 5.92 Å². The summed E-state index contributed by atoms with van der Waals surface area (Å²) in [6, 6.07) is 2.03. The van der Waals surface area contributed by atoms with E-state index >= 15 is 0 Å². The van der Waals surface area contributed by atoms with Crippen LogP contribution in [0.15, 0.2) is 6.07 Å². The number of pyridine rings is 1. The Morgan fingerprint density at radius 2 is 2.39 bits per heavy atom. The van der Waals surface area contributed by atoms with Gasteiger partial charge in [0.1, 0.15) is 9.71 Å². The van der Waals surface area contributed by atoms with Crippen molar-refractivity contribution < 1.29 is 9.90 Å². The minimum atomic E-state index is -0.971. The summed E-state index contributed by atoms with van der Waals surface area (Å²) in [6.07, 6.45) is 3.14. The second-order valence-corrected chi connectivity index (χ2v) is 5.94. The fourth-order valence-electron chi connectivity index (χ4n) is 2.53. The Hall–Kier alpha value is -1.62. The van der Waals surface area contributed by atoms with Crippen molar-refractivity contribution in [1.82, 2.24) is 4.98 Å². The average molecular weight is 262 g/mol. The van der Waals surface area contributed by atoms with E-state index in [9.17, 15) is 4.79 Å². The van der Waals surface area contributed by atoms with Gasteiger partial charge in [-0.25, -0.2) is 9.78 Å². The molecular formula is C13H14N2O2S. The smallest absolute Gasteiger partial charge is 0.348 e. The van der Waals surface area contributed by atoms with Crippen LogP contribution >= 0.6 is 11.3 Å². The number of carboxylic acids is 1. The molecule has 3 rings (SSSR count). The van der Waals surface area contributed by atoms with Gasteiger partial charge in [0.25, 0.3) is 0 Å². The van der Waals surface area contributed by atoms with E-state index in [1.165, 1.54) is 16.9 Å². The second kappa shape index (κ2) is 3.95. The predicted molar refractivity (Wildman–Crippen MR) is 72.2 cm³/mol. The molecule has 0 unspecified atom stereocenters. The number of nitrogen functional groups attached to an aromatic ring is 1. The van der Waals surface area contributed by atoms with Gasteiger partial charge in [-0.05, 0) is 36.8 Å². The van der Waals surface area contributed by atoms with Gasteiger partial charge in [0.15, 0.2) is 0 Å². The highest BCUT2D eigenvalue weighted by Crippen LogP contribution is 2.36. The molecule has 4 nitrogen and oxygen atoms in total. The van der Waals surface area contributed by atoms with E-state index in [1.807, 2.05) is 6.07 Å². The molecule has 2 heterocycles. The molecule has 1 atom stereocenters. The molecule has 1 aliphatic rings. The molecule has 0 spiro atoms. The standard InChI is InChI=1S/C13H14N2O2S/c1-6-2-3-9-7(4-6)5-8-10(14)11(13(16)17)18-12(8)15-9/h5-6H,2-4,14H2,1H3,(H,16,17)/t6-/m1/s1. The minimum Gasteiger partial charge on any atom is -0.477 e. The molecule has 0 saturated carbocycles. The Balaban J connectivity index is 2.22. The highest BCUT2D eigenvalue weighted by atomic mass is 32.1. The summed E-state index contributed by atoms with van der Waals surface area (Å²) in [5.74, 6) is -0.308. The summed E-state index contributed by atoms with van der Waals surface area (Å²) in [5, 5.41) is 9.87. The van der Waals surface area contributed by atoms with Crippen molar-refractivity contribution >= 4 is 33.2 Å². The molecule has 0 fully saturated rings. The summed E-state index contributed by atoms with van der Waals surface area (Å²) in [6.45, 7) is 2.23. The fraction of sp³-hybridized carbons (Fsp3) is 0.385. The molecule has 0 amide bonds. The van der Waals surface area contributed by atoms with Gasteiger partial charge in [-0.2, -0.15) is 0 Å². The zero-order valence-electron chi connectivity index (χ0n) is 10.1. The first-order valence-electron chi connectivity index (χ1n) is 6.00. The Kier molecular flexibility index (Phi) is 2.52. The Morgan fingerprint density at radius 3 is 3.11 bits per heavy atom. The number of aryl methyl sites for hydroxylation is 1. The maximum absolute atomic E-state index is 11.1. The van der Waals surface area contributed by atoms with Crippen molar-refractivity contribution in [1.29, 1.82) is 0 Å². The van der Waals surface area contributed by atoms with Gasteiger partial charge in [0, 0.05) is 11.1 Å². The van der Waals surface area contributed by atoms with Crippen LogP contribution in [0.2, 0.25) is 0 Å². The first kappa shape index (κ1) is 11.5. The zero-order valence-corrected chi connectivity index (χ0v) is 10.9. The van der Waals surface area contributed by atoms with Crippen molar-refractivity contribution in [2.24, 2.45) is 5.92 Å². The van der Waals surface area contributed by atoms with E-state index in [0.717, 1.165) is 35.2 Å². The lowest BCUT2D eigenvalue weighted by molar-refractivity contribution is 0.0703. The molecule has 3 N–H and O–H groups in total. The van der Waals surface area contributed by atoms with Crippen LogP contribution in [0.4, 0.5) is 5.69 Å². The molecule has 2 aromatic rings. The van der Waals surface area contributed by atoms with Gasteiger partial charge in [-0.1, -0.05) is 6.92 Å². The summed E-state index contributed by atoms with van der Waals surface area (Å²) < 4.78 is 0. The SMILES string of the molecule is C[C@@H]1CCc2nc3sc(C(=O)O)c(N)c3cc2C1.